The second-order valence-electron chi connectivity index (χ2n) is 8.85. The van der Waals surface area contributed by atoms with E-state index >= 15 is 0 Å². The Morgan fingerprint density at radius 2 is 1.88 bits per heavy atom. The van der Waals surface area contributed by atoms with Crippen molar-refractivity contribution in [2.24, 2.45) is 11.7 Å². The minimum absolute atomic E-state index is 0.262. The molecule has 0 spiro atoms. The first-order valence-corrected chi connectivity index (χ1v) is 12.4. The molecule has 0 radical (unpaired) electrons. The molecule has 1 fully saturated rings. The van der Waals surface area contributed by atoms with Crippen LogP contribution >= 0.6 is 23.1 Å². The van der Waals surface area contributed by atoms with Crippen molar-refractivity contribution in [1.29, 1.82) is 0 Å². The number of Topliss-reactive ketones (excluding diaryl/α,β-unsaturated/α-hetero) is 1. The summed E-state index contributed by atoms with van der Waals surface area (Å²) in [4.78, 5) is 40.8. The number of carbonyl (C=O) groups is 3. The van der Waals surface area contributed by atoms with Gasteiger partial charge in [-0.15, -0.1) is 11.8 Å². The molecule has 2 amide bonds. The van der Waals surface area contributed by atoms with Gasteiger partial charge in [0, 0.05) is 28.3 Å². The number of nitrogens with zero attached hydrogens (tertiary/aromatic N) is 1. The molecule has 3 rings (SSSR count). The molecule has 2 aromatic rings. The van der Waals surface area contributed by atoms with Gasteiger partial charge in [0.1, 0.15) is 12.1 Å². The minimum atomic E-state index is -1.68. The standard InChI is InChI=1S/C23H29N3O4S2/c1-23(2,3)25-21(29)16-12-32-13-26(16)22(30)20(28)17(19(27)15-9-10-31-11-15)18(24)14-7-5-4-6-8-14/h4-11,16-18,20,28H,12-13,24H2,1-3H3,(H,25,29)/t16-,17+,18?,20-/m0/s1. The molecule has 1 unspecified atom stereocenters. The molecule has 1 saturated heterocycles. The fraction of sp³-hybridized carbons (Fsp3) is 0.435. The Balaban J connectivity index is 1.88. The van der Waals surface area contributed by atoms with Crippen molar-refractivity contribution in [3.63, 3.8) is 0 Å². The highest BCUT2D eigenvalue weighted by Gasteiger charge is 2.44. The highest BCUT2D eigenvalue weighted by Crippen LogP contribution is 2.30. The van der Waals surface area contributed by atoms with Crippen molar-refractivity contribution in [2.75, 3.05) is 11.6 Å². The van der Waals surface area contributed by atoms with Gasteiger partial charge in [0.15, 0.2) is 5.78 Å². The maximum absolute atomic E-state index is 13.4. The number of amides is 2. The Kier molecular flexibility index (Phi) is 7.76. The maximum atomic E-state index is 13.4. The van der Waals surface area contributed by atoms with Gasteiger partial charge >= 0.3 is 0 Å². The van der Waals surface area contributed by atoms with Crippen LogP contribution < -0.4 is 11.1 Å². The summed E-state index contributed by atoms with van der Waals surface area (Å²) >= 11 is 2.78. The topological polar surface area (TPSA) is 113 Å². The van der Waals surface area contributed by atoms with E-state index in [1.54, 1.807) is 41.1 Å². The third-order valence-corrected chi connectivity index (χ3v) is 6.93. The molecule has 1 aliphatic rings. The zero-order chi connectivity index (χ0) is 23.5. The molecule has 2 heterocycles. The molecule has 32 heavy (non-hydrogen) atoms. The fourth-order valence-corrected chi connectivity index (χ4v) is 5.44. The fourth-order valence-electron chi connectivity index (χ4n) is 3.64. The van der Waals surface area contributed by atoms with Crippen LogP contribution in [-0.4, -0.2) is 56.9 Å². The predicted molar refractivity (Wildman–Crippen MR) is 127 cm³/mol. The van der Waals surface area contributed by atoms with Crippen LogP contribution in [0.1, 0.15) is 42.7 Å². The Morgan fingerprint density at radius 1 is 1.19 bits per heavy atom. The third kappa shape index (κ3) is 5.58. The number of nitrogens with one attached hydrogen (secondary N) is 1. The van der Waals surface area contributed by atoms with Crippen molar-refractivity contribution in [3.8, 4) is 0 Å². The van der Waals surface area contributed by atoms with Crippen molar-refractivity contribution in [3.05, 3.63) is 58.3 Å². The van der Waals surface area contributed by atoms with Gasteiger partial charge in [0.25, 0.3) is 5.91 Å². The Morgan fingerprint density at radius 3 is 2.47 bits per heavy atom. The molecule has 0 saturated carbocycles. The zero-order valence-electron chi connectivity index (χ0n) is 18.4. The molecule has 1 aliphatic heterocycles. The molecular weight excluding hydrogens is 446 g/mol. The van der Waals surface area contributed by atoms with E-state index in [4.69, 9.17) is 5.73 Å². The van der Waals surface area contributed by atoms with Gasteiger partial charge in [0.2, 0.25) is 5.91 Å². The van der Waals surface area contributed by atoms with Gasteiger partial charge < -0.3 is 21.1 Å². The number of benzene rings is 1. The first kappa shape index (κ1) is 24.4. The quantitative estimate of drug-likeness (QED) is 0.530. The number of aliphatic hydroxyl groups is 1. The molecule has 4 atom stereocenters. The number of aliphatic hydroxyl groups excluding tert-OH is 1. The number of hydrogen-bond acceptors (Lipinski definition) is 7. The molecule has 1 aromatic heterocycles. The second-order valence-corrected chi connectivity index (χ2v) is 10.6. The van der Waals surface area contributed by atoms with Crippen molar-refractivity contribution < 1.29 is 19.5 Å². The summed E-state index contributed by atoms with van der Waals surface area (Å²) in [6, 6.07) is 8.99. The van der Waals surface area contributed by atoms with E-state index in [1.807, 2.05) is 26.8 Å². The highest BCUT2D eigenvalue weighted by molar-refractivity contribution is 7.99. The van der Waals surface area contributed by atoms with Gasteiger partial charge in [-0.25, -0.2) is 0 Å². The Bertz CT molecular complexity index is 944. The summed E-state index contributed by atoms with van der Waals surface area (Å²) in [5.74, 6) is -1.84. The van der Waals surface area contributed by atoms with Gasteiger partial charge in [-0.3, -0.25) is 14.4 Å². The molecule has 7 nitrogen and oxygen atoms in total. The lowest BCUT2D eigenvalue weighted by Gasteiger charge is -2.32. The van der Waals surface area contributed by atoms with E-state index in [-0.39, 0.29) is 11.8 Å². The van der Waals surface area contributed by atoms with Crippen LogP contribution in [0.3, 0.4) is 0 Å². The number of nitrogens with two attached hydrogens (primary N) is 1. The first-order chi connectivity index (χ1) is 15.1. The van der Waals surface area contributed by atoms with Gasteiger partial charge in [-0.2, -0.15) is 11.3 Å². The number of rotatable bonds is 7. The van der Waals surface area contributed by atoms with Crippen LogP contribution in [0.4, 0.5) is 0 Å². The van der Waals surface area contributed by atoms with Crippen molar-refractivity contribution in [2.45, 2.75) is 44.5 Å². The molecule has 4 N–H and O–H groups in total. The van der Waals surface area contributed by atoms with E-state index < -0.39 is 41.3 Å². The largest absolute Gasteiger partial charge is 0.382 e. The second kappa shape index (κ2) is 10.2. The van der Waals surface area contributed by atoms with Crippen LogP contribution in [0.5, 0.6) is 0 Å². The smallest absolute Gasteiger partial charge is 0.253 e. The summed E-state index contributed by atoms with van der Waals surface area (Å²) in [6.45, 7) is 5.59. The summed E-state index contributed by atoms with van der Waals surface area (Å²) in [7, 11) is 0. The number of hydrogen-bond donors (Lipinski definition) is 3. The molecule has 9 heteroatoms. The average Bonchev–Trinajstić information content (AvgIpc) is 3.44. The monoisotopic (exact) mass is 475 g/mol. The number of thiophene rings is 1. The molecule has 0 bridgehead atoms. The SMILES string of the molecule is CC(C)(C)NC(=O)[C@@H]1CSCN1C(=O)[C@@H](O)[C@@H](C(=O)c1ccsc1)C(N)c1ccccc1. The van der Waals surface area contributed by atoms with Crippen LogP contribution in [-0.2, 0) is 9.59 Å². The molecular formula is C23H29N3O4S2. The molecule has 172 valence electrons. The number of carbonyl (C=O) groups excluding carboxylic acids is 3. The summed E-state index contributed by atoms with van der Waals surface area (Å²) in [6.07, 6.45) is -1.68. The van der Waals surface area contributed by atoms with Crippen molar-refractivity contribution >= 4 is 40.7 Å². The zero-order valence-corrected chi connectivity index (χ0v) is 20.0. The number of ketones is 1. The lowest BCUT2D eigenvalue weighted by molar-refractivity contribution is -0.147. The number of thioether (sulfide) groups is 1. The highest BCUT2D eigenvalue weighted by atomic mass is 32.2. The van der Waals surface area contributed by atoms with E-state index in [1.165, 1.54) is 28.0 Å². The van der Waals surface area contributed by atoms with Crippen LogP contribution in [0.25, 0.3) is 0 Å². The van der Waals surface area contributed by atoms with E-state index in [0.717, 1.165) is 0 Å². The van der Waals surface area contributed by atoms with Crippen LogP contribution in [0.2, 0.25) is 0 Å². The van der Waals surface area contributed by atoms with E-state index in [2.05, 4.69) is 5.32 Å². The van der Waals surface area contributed by atoms with Gasteiger partial charge in [-0.1, -0.05) is 30.3 Å². The normalized spacial score (nSPS) is 19.3. The molecule has 1 aromatic carbocycles. The maximum Gasteiger partial charge on any atom is 0.253 e. The summed E-state index contributed by atoms with van der Waals surface area (Å²) in [5.41, 5.74) is 7.02. The average molecular weight is 476 g/mol. The van der Waals surface area contributed by atoms with E-state index in [9.17, 15) is 19.5 Å². The van der Waals surface area contributed by atoms with Crippen LogP contribution in [0.15, 0.2) is 47.2 Å². The molecule has 0 aliphatic carbocycles. The van der Waals surface area contributed by atoms with Crippen molar-refractivity contribution in [1.82, 2.24) is 10.2 Å². The van der Waals surface area contributed by atoms with Crippen LogP contribution in [0, 0.1) is 5.92 Å². The summed E-state index contributed by atoms with van der Waals surface area (Å²) in [5, 5.41) is 17.5. The summed E-state index contributed by atoms with van der Waals surface area (Å²) < 4.78 is 0. The van der Waals surface area contributed by atoms with E-state index in [0.29, 0.717) is 16.9 Å². The predicted octanol–water partition coefficient (Wildman–Crippen LogP) is 2.42. The first-order valence-electron chi connectivity index (χ1n) is 10.4. The van der Waals surface area contributed by atoms with Gasteiger partial charge in [-0.05, 0) is 37.8 Å². The van der Waals surface area contributed by atoms with Gasteiger partial charge in [0.05, 0.1) is 11.8 Å². The lowest BCUT2D eigenvalue weighted by Crippen LogP contribution is -2.56. The Hall–Kier alpha value is -2.20. The lowest BCUT2D eigenvalue weighted by atomic mass is 9.83. The third-order valence-electron chi connectivity index (χ3n) is 5.24. The minimum Gasteiger partial charge on any atom is -0.382 e. The Labute approximate surface area is 196 Å².